The predicted octanol–water partition coefficient (Wildman–Crippen LogP) is 3.78. The second-order valence-electron chi connectivity index (χ2n) is 6.89. The maximum absolute atomic E-state index is 5.60. The molecule has 1 saturated heterocycles. The molecule has 4 rings (SSSR count). The molecule has 0 spiro atoms. The van der Waals surface area contributed by atoms with E-state index in [-0.39, 0.29) is 6.10 Å². The summed E-state index contributed by atoms with van der Waals surface area (Å²) in [5, 5.41) is 5.80. The highest BCUT2D eigenvalue weighted by Crippen LogP contribution is 2.23. The Bertz CT molecular complexity index is 894. The molecule has 1 aliphatic heterocycles. The fourth-order valence-corrected chi connectivity index (χ4v) is 3.34. The minimum atomic E-state index is 0.257. The van der Waals surface area contributed by atoms with Gasteiger partial charge in [-0.15, -0.1) is 0 Å². The molecular weight excluding hydrogens is 324 g/mol. The van der Waals surface area contributed by atoms with Gasteiger partial charge in [0.05, 0.1) is 12.7 Å². The zero-order valence-electron chi connectivity index (χ0n) is 15.3. The molecule has 26 heavy (non-hydrogen) atoms. The van der Waals surface area contributed by atoms with Crippen molar-refractivity contribution < 1.29 is 4.74 Å². The van der Waals surface area contributed by atoms with E-state index in [1.807, 2.05) is 18.5 Å². The molecule has 1 fully saturated rings. The number of benzene rings is 1. The van der Waals surface area contributed by atoms with Gasteiger partial charge in [-0.2, -0.15) is 0 Å². The van der Waals surface area contributed by atoms with Gasteiger partial charge in [0, 0.05) is 37.4 Å². The van der Waals surface area contributed by atoms with Crippen LogP contribution in [-0.2, 0) is 11.3 Å². The molecule has 1 aliphatic rings. The third-order valence-corrected chi connectivity index (χ3v) is 4.76. The number of morpholine rings is 1. The highest BCUT2D eigenvalue weighted by molar-refractivity contribution is 5.92. The summed E-state index contributed by atoms with van der Waals surface area (Å²) in [7, 11) is 0. The van der Waals surface area contributed by atoms with Crippen LogP contribution in [0.15, 0.2) is 48.8 Å². The van der Waals surface area contributed by atoms with Crippen LogP contribution in [0.4, 0.5) is 11.6 Å². The van der Waals surface area contributed by atoms with Gasteiger partial charge in [0.15, 0.2) is 0 Å². The number of nitrogens with zero attached hydrogens (tertiary/aromatic N) is 3. The van der Waals surface area contributed by atoms with Crippen molar-refractivity contribution in [3.05, 3.63) is 59.9 Å². The summed E-state index contributed by atoms with van der Waals surface area (Å²) in [4.78, 5) is 11.4. The topological polar surface area (TPSA) is 50.3 Å². The third kappa shape index (κ3) is 3.63. The lowest BCUT2D eigenvalue weighted by atomic mass is 10.1. The number of anilines is 2. The zero-order chi connectivity index (χ0) is 17.9. The Hall–Kier alpha value is -2.66. The molecule has 5 nitrogen and oxygen atoms in total. The first kappa shape index (κ1) is 16.8. The number of nitrogens with one attached hydrogen (secondary N) is 1. The lowest BCUT2D eigenvalue weighted by Gasteiger charge is -2.32. The Balaban J connectivity index is 1.46. The van der Waals surface area contributed by atoms with E-state index in [0.29, 0.717) is 6.54 Å². The Morgan fingerprint density at radius 1 is 1.19 bits per heavy atom. The van der Waals surface area contributed by atoms with Gasteiger partial charge in [0.1, 0.15) is 11.6 Å². The van der Waals surface area contributed by atoms with Crippen molar-refractivity contribution in [3.63, 3.8) is 0 Å². The maximum atomic E-state index is 5.60. The van der Waals surface area contributed by atoms with Crippen LogP contribution >= 0.6 is 0 Å². The molecule has 1 atom stereocenters. The van der Waals surface area contributed by atoms with E-state index in [0.717, 1.165) is 42.3 Å². The van der Waals surface area contributed by atoms with Crippen LogP contribution < -0.4 is 10.2 Å². The lowest BCUT2D eigenvalue weighted by Crippen LogP contribution is -2.41. The van der Waals surface area contributed by atoms with Crippen LogP contribution in [0.2, 0.25) is 0 Å². The van der Waals surface area contributed by atoms with Crippen molar-refractivity contribution in [3.8, 4) is 0 Å². The molecule has 3 heterocycles. The molecule has 1 unspecified atom stereocenters. The highest BCUT2D eigenvalue weighted by Gasteiger charge is 2.17. The van der Waals surface area contributed by atoms with Crippen molar-refractivity contribution in [2.75, 3.05) is 29.9 Å². The zero-order valence-corrected chi connectivity index (χ0v) is 15.3. The number of pyridine rings is 2. The quantitative estimate of drug-likeness (QED) is 0.778. The van der Waals surface area contributed by atoms with Crippen LogP contribution in [0, 0.1) is 6.92 Å². The van der Waals surface area contributed by atoms with Crippen LogP contribution in [0.1, 0.15) is 18.1 Å². The Morgan fingerprint density at radius 2 is 2.12 bits per heavy atom. The summed E-state index contributed by atoms with van der Waals surface area (Å²) < 4.78 is 5.60. The van der Waals surface area contributed by atoms with Gasteiger partial charge in [-0.25, -0.2) is 9.97 Å². The second-order valence-corrected chi connectivity index (χ2v) is 6.89. The minimum absolute atomic E-state index is 0.257. The predicted molar refractivity (Wildman–Crippen MR) is 106 cm³/mol. The summed E-state index contributed by atoms with van der Waals surface area (Å²) >= 11 is 0. The summed E-state index contributed by atoms with van der Waals surface area (Å²) in [6, 6.07) is 12.7. The number of ether oxygens (including phenoxy) is 1. The van der Waals surface area contributed by atoms with E-state index in [9.17, 15) is 0 Å². The molecule has 5 heteroatoms. The SMILES string of the molecule is Cc1ccc2ccnc(NCc3ccc(N4CCOC(C)C4)nc3)c2c1. The van der Waals surface area contributed by atoms with E-state index in [2.05, 4.69) is 64.4 Å². The normalized spacial score (nSPS) is 17.5. The molecule has 1 N–H and O–H groups in total. The maximum Gasteiger partial charge on any atom is 0.134 e. The number of fused-ring (bicyclic) bond motifs is 1. The summed E-state index contributed by atoms with van der Waals surface area (Å²) in [6.45, 7) is 7.46. The Morgan fingerprint density at radius 3 is 2.92 bits per heavy atom. The fraction of sp³-hybridized carbons (Fsp3) is 0.333. The first-order chi connectivity index (χ1) is 12.7. The molecule has 0 saturated carbocycles. The summed E-state index contributed by atoms with van der Waals surface area (Å²) in [6.07, 6.45) is 4.05. The van der Waals surface area contributed by atoms with Crippen molar-refractivity contribution >= 4 is 22.4 Å². The second kappa shape index (κ2) is 7.30. The Labute approximate surface area is 154 Å². The smallest absolute Gasteiger partial charge is 0.134 e. The van der Waals surface area contributed by atoms with Gasteiger partial charge < -0.3 is 15.0 Å². The Kier molecular flexibility index (Phi) is 4.71. The van der Waals surface area contributed by atoms with E-state index in [1.54, 1.807) is 0 Å². The van der Waals surface area contributed by atoms with Gasteiger partial charge in [-0.3, -0.25) is 0 Å². The number of hydrogen-bond donors (Lipinski definition) is 1. The molecule has 0 amide bonds. The average molecular weight is 348 g/mol. The van der Waals surface area contributed by atoms with Crippen molar-refractivity contribution in [2.24, 2.45) is 0 Å². The number of hydrogen-bond acceptors (Lipinski definition) is 5. The minimum Gasteiger partial charge on any atom is -0.375 e. The first-order valence-electron chi connectivity index (χ1n) is 9.10. The summed E-state index contributed by atoms with van der Waals surface area (Å²) in [5.74, 6) is 1.93. The van der Waals surface area contributed by atoms with Crippen molar-refractivity contribution in [2.45, 2.75) is 26.5 Å². The van der Waals surface area contributed by atoms with Gasteiger partial charge in [-0.1, -0.05) is 23.8 Å². The largest absolute Gasteiger partial charge is 0.375 e. The molecule has 0 aliphatic carbocycles. The van der Waals surface area contributed by atoms with E-state index < -0.39 is 0 Å². The first-order valence-corrected chi connectivity index (χ1v) is 9.10. The number of aromatic nitrogens is 2. The van der Waals surface area contributed by atoms with E-state index >= 15 is 0 Å². The van der Waals surface area contributed by atoms with Crippen LogP contribution in [0.5, 0.6) is 0 Å². The van der Waals surface area contributed by atoms with E-state index in [4.69, 9.17) is 4.74 Å². The van der Waals surface area contributed by atoms with Gasteiger partial charge in [-0.05, 0) is 43.0 Å². The third-order valence-electron chi connectivity index (χ3n) is 4.76. The molecule has 3 aromatic rings. The highest BCUT2D eigenvalue weighted by atomic mass is 16.5. The van der Waals surface area contributed by atoms with Crippen molar-refractivity contribution in [1.82, 2.24) is 9.97 Å². The van der Waals surface area contributed by atoms with Crippen LogP contribution in [-0.4, -0.2) is 35.8 Å². The number of aryl methyl sites for hydroxylation is 1. The molecule has 1 aromatic carbocycles. The molecule has 134 valence electrons. The lowest BCUT2D eigenvalue weighted by molar-refractivity contribution is 0.0529. The molecule has 2 aromatic heterocycles. The standard InChI is InChI=1S/C21H24N4O/c1-15-3-5-18-7-8-22-21(19(18)11-15)24-13-17-4-6-20(23-12-17)25-9-10-26-16(2)14-25/h3-8,11-12,16H,9-10,13-14H2,1-2H3,(H,22,24). The van der Waals surface area contributed by atoms with Crippen LogP contribution in [0.3, 0.4) is 0 Å². The number of rotatable bonds is 4. The molecule has 0 bridgehead atoms. The molecule has 0 radical (unpaired) electrons. The summed E-state index contributed by atoms with van der Waals surface area (Å²) in [5.41, 5.74) is 2.38. The average Bonchev–Trinajstić information content (AvgIpc) is 2.67. The molecular formula is C21H24N4O. The monoisotopic (exact) mass is 348 g/mol. The van der Waals surface area contributed by atoms with Gasteiger partial charge in [0.2, 0.25) is 0 Å². The van der Waals surface area contributed by atoms with Gasteiger partial charge >= 0.3 is 0 Å². The van der Waals surface area contributed by atoms with Gasteiger partial charge in [0.25, 0.3) is 0 Å². The van der Waals surface area contributed by atoms with Crippen LogP contribution in [0.25, 0.3) is 10.8 Å². The fourth-order valence-electron chi connectivity index (χ4n) is 3.34. The van der Waals surface area contributed by atoms with E-state index in [1.165, 1.54) is 10.9 Å². The van der Waals surface area contributed by atoms with Crippen molar-refractivity contribution in [1.29, 1.82) is 0 Å².